The maximum absolute atomic E-state index is 12.0. The Bertz CT molecular complexity index is 626. The van der Waals surface area contributed by atoms with Crippen LogP contribution >= 0.6 is 11.3 Å². The lowest BCUT2D eigenvalue weighted by Gasteiger charge is -2.08. The molecule has 0 unspecified atom stereocenters. The van der Waals surface area contributed by atoms with Gasteiger partial charge in [0, 0.05) is 4.88 Å². The molecular weight excluding hydrogens is 293 g/mol. The summed E-state index contributed by atoms with van der Waals surface area (Å²) in [6.07, 6.45) is -4.37. The smallest absolute Gasteiger partial charge is 0.364 e. The van der Waals surface area contributed by atoms with Gasteiger partial charge in [0.15, 0.2) is 11.6 Å². The van der Waals surface area contributed by atoms with Crippen LogP contribution in [0.4, 0.5) is 19.0 Å². The van der Waals surface area contributed by atoms with Gasteiger partial charge in [0.2, 0.25) is 0 Å². The number of alkyl halides is 3. The molecule has 110 valence electrons. The van der Waals surface area contributed by atoms with Gasteiger partial charge in [-0.3, -0.25) is 0 Å². The van der Waals surface area contributed by atoms with Crippen LogP contribution in [0.15, 0.2) is 0 Å². The number of aromatic nitrogens is 2. The van der Waals surface area contributed by atoms with Crippen LogP contribution in [0, 0.1) is 13.8 Å². The van der Waals surface area contributed by atoms with Gasteiger partial charge in [-0.2, -0.15) is 13.2 Å². The summed E-state index contributed by atoms with van der Waals surface area (Å²) in [6.45, 7) is 2.20. The van der Waals surface area contributed by atoms with Crippen LogP contribution in [0.1, 0.15) is 16.3 Å². The zero-order chi connectivity index (χ0) is 14.9. The van der Waals surface area contributed by atoms with Crippen molar-refractivity contribution in [3.05, 3.63) is 16.3 Å². The Morgan fingerprint density at radius 3 is 2.60 bits per heavy atom. The van der Waals surface area contributed by atoms with Crippen LogP contribution in [0.2, 0.25) is 0 Å². The van der Waals surface area contributed by atoms with Gasteiger partial charge in [0.25, 0.3) is 0 Å². The number of nitrogens with two attached hydrogens (primary N) is 1. The normalized spacial score (nSPS) is 12.1. The van der Waals surface area contributed by atoms with E-state index in [1.54, 1.807) is 0 Å². The number of aryl methyl sites for hydroxylation is 2. The van der Waals surface area contributed by atoms with Gasteiger partial charge < -0.3 is 10.2 Å². The Morgan fingerprint density at radius 2 is 2.00 bits per heavy atom. The number of hydrogen-bond acceptors (Lipinski definition) is 6. The third-order valence-corrected chi connectivity index (χ3v) is 3.81. The van der Waals surface area contributed by atoms with Crippen molar-refractivity contribution in [2.24, 2.45) is 5.84 Å². The molecule has 2 aromatic heterocycles. The maximum Gasteiger partial charge on any atom is 0.411 e. The topological polar surface area (TPSA) is 73.1 Å². The van der Waals surface area contributed by atoms with Gasteiger partial charge in [-0.05, 0) is 19.4 Å². The second-order valence-electron chi connectivity index (χ2n) is 4.20. The number of halogens is 3. The molecule has 0 atom stereocenters. The number of thiophene rings is 1. The van der Waals surface area contributed by atoms with Gasteiger partial charge in [-0.1, -0.05) is 0 Å². The first kappa shape index (κ1) is 14.9. The molecule has 0 radical (unpaired) electrons. The minimum atomic E-state index is -4.37. The molecule has 0 fully saturated rings. The summed E-state index contributed by atoms with van der Waals surface area (Å²) in [5, 5.41) is 0.787. The summed E-state index contributed by atoms with van der Waals surface area (Å²) in [4.78, 5) is 10.0. The highest BCUT2D eigenvalue weighted by atomic mass is 32.1. The van der Waals surface area contributed by atoms with E-state index >= 15 is 0 Å². The zero-order valence-electron chi connectivity index (χ0n) is 10.8. The number of ether oxygens (including phenoxy) is 1. The van der Waals surface area contributed by atoms with Crippen molar-refractivity contribution in [1.29, 1.82) is 0 Å². The van der Waals surface area contributed by atoms with Gasteiger partial charge in [0.05, 0.1) is 5.39 Å². The first-order valence-electron chi connectivity index (χ1n) is 5.69. The summed E-state index contributed by atoms with van der Waals surface area (Å²) in [5.41, 5.74) is 3.45. The molecule has 5 nitrogen and oxygen atoms in total. The first-order chi connectivity index (χ1) is 9.31. The summed E-state index contributed by atoms with van der Waals surface area (Å²) >= 11 is 1.44. The third-order valence-electron chi connectivity index (χ3n) is 2.71. The van der Waals surface area contributed by atoms with Crippen molar-refractivity contribution in [1.82, 2.24) is 9.97 Å². The monoisotopic (exact) mass is 306 g/mol. The highest BCUT2D eigenvalue weighted by Gasteiger charge is 2.27. The molecule has 0 amide bonds. The molecule has 2 aromatic rings. The molecule has 0 saturated carbocycles. The Hall–Kier alpha value is -1.45. The molecule has 0 aliphatic carbocycles. The molecule has 2 rings (SSSR count). The molecule has 0 spiro atoms. The first-order valence-corrected chi connectivity index (χ1v) is 6.51. The molecule has 20 heavy (non-hydrogen) atoms. The molecular formula is C11H13F3N4OS. The highest BCUT2D eigenvalue weighted by Crippen LogP contribution is 2.32. The van der Waals surface area contributed by atoms with E-state index in [1.807, 2.05) is 13.8 Å². The van der Waals surface area contributed by atoms with Crippen molar-refractivity contribution in [2.45, 2.75) is 26.6 Å². The minimum Gasteiger partial charge on any atom is -0.364 e. The molecule has 0 aromatic carbocycles. The van der Waals surface area contributed by atoms with Crippen LogP contribution in [-0.2, 0) is 11.3 Å². The molecule has 3 N–H and O–H groups in total. The van der Waals surface area contributed by atoms with Crippen LogP contribution in [0.5, 0.6) is 0 Å². The van der Waals surface area contributed by atoms with E-state index in [0.29, 0.717) is 10.6 Å². The quantitative estimate of drug-likeness (QED) is 0.671. The van der Waals surface area contributed by atoms with Crippen molar-refractivity contribution in [3.8, 4) is 0 Å². The number of nitrogens with zero attached hydrogens (tertiary/aromatic N) is 2. The summed E-state index contributed by atoms with van der Waals surface area (Å²) in [5.74, 6) is 5.96. The largest absolute Gasteiger partial charge is 0.411 e. The van der Waals surface area contributed by atoms with E-state index < -0.39 is 12.8 Å². The Morgan fingerprint density at radius 1 is 1.30 bits per heavy atom. The van der Waals surface area contributed by atoms with Crippen LogP contribution in [-0.4, -0.2) is 22.8 Å². The fraction of sp³-hybridized carbons (Fsp3) is 0.455. The third kappa shape index (κ3) is 3.17. The molecule has 2 heterocycles. The highest BCUT2D eigenvalue weighted by molar-refractivity contribution is 7.18. The van der Waals surface area contributed by atoms with E-state index in [2.05, 4.69) is 20.1 Å². The van der Waals surface area contributed by atoms with Crippen LogP contribution < -0.4 is 11.3 Å². The lowest BCUT2D eigenvalue weighted by atomic mass is 10.2. The molecule has 0 aliphatic rings. The van der Waals surface area contributed by atoms with Crippen LogP contribution in [0.3, 0.4) is 0 Å². The van der Waals surface area contributed by atoms with Crippen molar-refractivity contribution in [2.75, 3.05) is 12.0 Å². The minimum absolute atomic E-state index is 0.163. The van der Waals surface area contributed by atoms with Crippen molar-refractivity contribution < 1.29 is 17.9 Å². The Kier molecular flexibility index (Phi) is 4.11. The second kappa shape index (κ2) is 5.51. The van der Waals surface area contributed by atoms with Crippen molar-refractivity contribution >= 4 is 27.4 Å². The summed E-state index contributed by atoms with van der Waals surface area (Å²) < 4.78 is 40.6. The van der Waals surface area contributed by atoms with Gasteiger partial charge >= 0.3 is 6.18 Å². The van der Waals surface area contributed by atoms with Crippen LogP contribution in [0.25, 0.3) is 10.2 Å². The lowest BCUT2D eigenvalue weighted by Crippen LogP contribution is -2.17. The molecule has 9 heteroatoms. The van der Waals surface area contributed by atoms with E-state index in [9.17, 15) is 13.2 Å². The average molecular weight is 306 g/mol. The van der Waals surface area contributed by atoms with Gasteiger partial charge in [-0.15, -0.1) is 11.3 Å². The number of hydrazine groups is 1. The second-order valence-corrected chi connectivity index (χ2v) is 5.41. The summed E-state index contributed by atoms with van der Waals surface area (Å²) in [6, 6.07) is 0. The number of fused-ring (bicyclic) bond motifs is 1. The van der Waals surface area contributed by atoms with E-state index in [4.69, 9.17) is 5.84 Å². The lowest BCUT2D eigenvalue weighted by molar-refractivity contribution is -0.177. The number of hydrogen-bond donors (Lipinski definition) is 2. The predicted molar refractivity (Wildman–Crippen MR) is 70.4 cm³/mol. The maximum atomic E-state index is 12.0. The molecule has 0 saturated heterocycles. The standard InChI is InChI=1S/C11H13F3N4OS/c1-5-6(2)20-10-8(5)9(18-15)16-7(17-10)3-19-4-11(12,13)14/h3-4,15H2,1-2H3,(H,16,17,18). The molecule has 0 bridgehead atoms. The number of rotatable bonds is 4. The summed E-state index contributed by atoms with van der Waals surface area (Å²) in [7, 11) is 0. The number of anilines is 1. The number of nitrogens with one attached hydrogen (secondary N) is 1. The fourth-order valence-corrected chi connectivity index (χ4v) is 2.77. The zero-order valence-corrected chi connectivity index (χ0v) is 11.7. The molecule has 0 aliphatic heterocycles. The average Bonchev–Trinajstić information content (AvgIpc) is 2.63. The SMILES string of the molecule is Cc1sc2nc(COCC(F)(F)F)nc(NN)c2c1C. The van der Waals surface area contributed by atoms with E-state index in [1.165, 1.54) is 11.3 Å². The van der Waals surface area contributed by atoms with Gasteiger partial charge in [-0.25, -0.2) is 15.8 Å². The fourth-order valence-electron chi connectivity index (χ4n) is 1.72. The van der Waals surface area contributed by atoms with Crippen molar-refractivity contribution in [3.63, 3.8) is 0 Å². The Balaban J connectivity index is 2.27. The van der Waals surface area contributed by atoms with E-state index in [-0.39, 0.29) is 12.4 Å². The van der Waals surface area contributed by atoms with Gasteiger partial charge in [0.1, 0.15) is 18.0 Å². The Labute approximate surface area is 116 Å². The van der Waals surface area contributed by atoms with E-state index in [0.717, 1.165) is 15.8 Å². The number of nitrogen functional groups attached to an aromatic ring is 1. The predicted octanol–water partition coefficient (Wildman–Crippen LogP) is 2.67.